The van der Waals surface area contributed by atoms with Crippen LogP contribution in [0.4, 0.5) is 5.69 Å². The summed E-state index contributed by atoms with van der Waals surface area (Å²) in [5.41, 5.74) is 4.14. The molecule has 6 heteroatoms. The number of aryl methyl sites for hydroxylation is 1. The fraction of sp³-hybridized carbons (Fsp3) is 0.273. The molecule has 1 amide bonds. The van der Waals surface area contributed by atoms with Crippen LogP contribution in [0.3, 0.4) is 0 Å². The first-order chi connectivity index (χ1) is 13.5. The number of halogens is 1. The second-order valence-electron chi connectivity index (χ2n) is 6.72. The van der Waals surface area contributed by atoms with E-state index in [2.05, 4.69) is 22.5 Å². The number of aromatic nitrogens is 1. The lowest BCUT2D eigenvalue weighted by Crippen LogP contribution is -2.20. The van der Waals surface area contributed by atoms with Gasteiger partial charge < -0.3 is 10.6 Å². The highest BCUT2D eigenvalue weighted by atomic mass is 35.5. The van der Waals surface area contributed by atoms with E-state index in [4.69, 9.17) is 11.6 Å². The van der Waals surface area contributed by atoms with Crippen molar-refractivity contribution in [2.75, 3.05) is 5.32 Å². The molecule has 0 fully saturated rings. The number of carbonyl (C=O) groups is 1. The zero-order valence-corrected chi connectivity index (χ0v) is 17.6. The zero-order chi connectivity index (χ0) is 19.9. The number of benzene rings is 2. The van der Waals surface area contributed by atoms with E-state index >= 15 is 0 Å². The summed E-state index contributed by atoms with van der Waals surface area (Å²) in [5, 5.41) is 10.0. The van der Waals surface area contributed by atoms with Gasteiger partial charge in [-0.3, -0.25) is 4.79 Å². The van der Waals surface area contributed by atoms with Crippen molar-refractivity contribution in [1.29, 1.82) is 0 Å². The Hall–Kier alpha value is -2.21. The normalized spacial score (nSPS) is 12.0. The van der Waals surface area contributed by atoms with Gasteiger partial charge in [0.25, 0.3) is 0 Å². The van der Waals surface area contributed by atoms with Crippen molar-refractivity contribution in [3.63, 3.8) is 0 Å². The summed E-state index contributed by atoms with van der Waals surface area (Å²) in [6, 6.07) is 15.9. The maximum absolute atomic E-state index is 12.2. The van der Waals surface area contributed by atoms with Gasteiger partial charge in [-0.05, 0) is 43.2 Å². The van der Waals surface area contributed by atoms with Crippen molar-refractivity contribution >= 4 is 34.5 Å². The van der Waals surface area contributed by atoms with E-state index in [-0.39, 0.29) is 18.4 Å². The second-order valence-corrected chi connectivity index (χ2v) is 8.10. The summed E-state index contributed by atoms with van der Waals surface area (Å²) in [4.78, 5) is 16.8. The number of thiazole rings is 1. The molecule has 0 saturated heterocycles. The highest BCUT2D eigenvalue weighted by Crippen LogP contribution is 2.20. The van der Waals surface area contributed by atoms with E-state index in [1.54, 1.807) is 0 Å². The molecule has 1 unspecified atom stereocenters. The van der Waals surface area contributed by atoms with Gasteiger partial charge in [0.15, 0.2) is 0 Å². The number of rotatable bonds is 8. The van der Waals surface area contributed by atoms with Crippen LogP contribution < -0.4 is 10.6 Å². The van der Waals surface area contributed by atoms with E-state index in [9.17, 15) is 4.79 Å². The highest BCUT2D eigenvalue weighted by Gasteiger charge is 2.12. The Bertz CT molecular complexity index is 906. The van der Waals surface area contributed by atoms with Crippen molar-refractivity contribution in [3.8, 4) is 0 Å². The fourth-order valence-electron chi connectivity index (χ4n) is 2.91. The van der Waals surface area contributed by atoms with E-state index in [1.165, 1.54) is 22.5 Å². The van der Waals surface area contributed by atoms with Crippen molar-refractivity contribution in [2.45, 2.75) is 39.3 Å². The lowest BCUT2D eigenvalue weighted by atomic mass is 10.0. The fourth-order valence-corrected chi connectivity index (χ4v) is 3.83. The molecule has 3 aromatic rings. The molecular weight excluding hydrogens is 390 g/mol. The van der Waals surface area contributed by atoms with Crippen LogP contribution in [0.25, 0.3) is 0 Å². The molecule has 3 rings (SSSR count). The predicted molar refractivity (Wildman–Crippen MR) is 117 cm³/mol. The third kappa shape index (κ3) is 5.89. The molecule has 0 radical (unpaired) electrons. The SMILES string of the molecule is CCC(NCc1csc(CC(=O)Nc2ccc(C)cc2)n1)c1ccc(Cl)cc1. The Labute approximate surface area is 175 Å². The van der Waals surface area contributed by atoms with Gasteiger partial charge in [0.05, 0.1) is 12.1 Å². The van der Waals surface area contributed by atoms with E-state index in [0.717, 1.165) is 27.8 Å². The van der Waals surface area contributed by atoms with Crippen molar-refractivity contribution < 1.29 is 4.79 Å². The van der Waals surface area contributed by atoms with Crippen LogP contribution >= 0.6 is 22.9 Å². The number of hydrogen-bond acceptors (Lipinski definition) is 4. The summed E-state index contributed by atoms with van der Waals surface area (Å²) in [6.45, 7) is 4.83. The zero-order valence-electron chi connectivity index (χ0n) is 16.0. The molecule has 1 atom stereocenters. The first-order valence-corrected chi connectivity index (χ1v) is 10.6. The topological polar surface area (TPSA) is 54.0 Å². The second kappa shape index (κ2) is 9.82. The van der Waals surface area contributed by atoms with Crippen LogP contribution in [0.15, 0.2) is 53.9 Å². The minimum atomic E-state index is -0.0506. The third-order valence-corrected chi connectivity index (χ3v) is 5.61. The molecule has 146 valence electrons. The highest BCUT2D eigenvalue weighted by molar-refractivity contribution is 7.09. The summed E-state index contributed by atoms with van der Waals surface area (Å²) in [7, 11) is 0. The van der Waals surface area contributed by atoms with Gasteiger partial charge in [-0.1, -0.05) is 48.4 Å². The summed E-state index contributed by atoms with van der Waals surface area (Å²) in [6.07, 6.45) is 1.25. The average Bonchev–Trinajstić information content (AvgIpc) is 3.12. The molecule has 28 heavy (non-hydrogen) atoms. The first-order valence-electron chi connectivity index (χ1n) is 9.32. The van der Waals surface area contributed by atoms with Gasteiger partial charge in [0.2, 0.25) is 5.91 Å². The van der Waals surface area contributed by atoms with Gasteiger partial charge >= 0.3 is 0 Å². The monoisotopic (exact) mass is 413 g/mol. The summed E-state index contributed by atoms with van der Waals surface area (Å²) < 4.78 is 0. The summed E-state index contributed by atoms with van der Waals surface area (Å²) in [5.74, 6) is -0.0506. The molecule has 0 aliphatic rings. The molecule has 1 aromatic heterocycles. The molecule has 0 saturated carbocycles. The largest absolute Gasteiger partial charge is 0.326 e. The minimum absolute atomic E-state index is 0.0506. The number of hydrogen-bond donors (Lipinski definition) is 2. The molecular formula is C22H24ClN3OS. The van der Waals surface area contributed by atoms with E-state index in [0.29, 0.717) is 6.54 Å². The van der Waals surface area contributed by atoms with Gasteiger partial charge in [0, 0.05) is 28.7 Å². The Morgan fingerprint density at radius 2 is 1.86 bits per heavy atom. The molecule has 2 aromatic carbocycles. The number of nitrogens with one attached hydrogen (secondary N) is 2. The van der Waals surface area contributed by atoms with Gasteiger partial charge in [-0.2, -0.15) is 0 Å². The van der Waals surface area contributed by atoms with Crippen LogP contribution in [0.1, 0.15) is 41.2 Å². The number of amides is 1. The lowest BCUT2D eigenvalue weighted by molar-refractivity contribution is -0.115. The number of nitrogens with zero attached hydrogens (tertiary/aromatic N) is 1. The molecule has 2 N–H and O–H groups in total. The number of carbonyl (C=O) groups excluding carboxylic acids is 1. The Morgan fingerprint density at radius 3 is 2.54 bits per heavy atom. The standard InChI is InChI=1S/C22H24ClN3OS/c1-3-20(16-6-8-17(23)9-7-16)24-13-19-14-28-22(26-19)12-21(27)25-18-10-4-15(2)5-11-18/h4-11,14,20,24H,3,12-13H2,1-2H3,(H,25,27). The Kier molecular flexibility index (Phi) is 7.20. The molecule has 1 heterocycles. The predicted octanol–water partition coefficient (Wildman–Crippen LogP) is 5.53. The summed E-state index contributed by atoms with van der Waals surface area (Å²) >= 11 is 7.49. The molecule has 0 aliphatic carbocycles. The smallest absolute Gasteiger partial charge is 0.231 e. The van der Waals surface area contributed by atoms with Crippen LogP contribution in [0.2, 0.25) is 5.02 Å². The van der Waals surface area contributed by atoms with Gasteiger partial charge in [-0.25, -0.2) is 4.98 Å². The van der Waals surface area contributed by atoms with Crippen molar-refractivity contribution in [2.24, 2.45) is 0 Å². The molecule has 0 spiro atoms. The Morgan fingerprint density at radius 1 is 1.14 bits per heavy atom. The van der Waals surface area contributed by atoms with Crippen LogP contribution in [-0.4, -0.2) is 10.9 Å². The van der Waals surface area contributed by atoms with Crippen molar-refractivity contribution in [1.82, 2.24) is 10.3 Å². The van der Waals surface area contributed by atoms with Crippen molar-refractivity contribution in [3.05, 3.63) is 80.8 Å². The van der Waals surface area contributed by atoms with Gasteiger partial charge in [0.1, 0.15) is 5.01 Å². The average molecular weight is 414 g/mol. The quantitative estimate of drug-likeness (QED) is 0.510. The molecule has 0 aliphatic heterocycles. The Balaban J connectivity index is 1.52. The maximum Gasteiger partial charge on any atom is 0.231 e. The third-order valence-electron chi connectivity index (χ3n) is 4.46. The molecule has 0 bridgehead atoms. The first kappa shape index (κ1) is 20.5. The van der Waals surface area contributed by atoms with E-state index in [1.807, 2.05) is 60.8 Å². The minimum Gasteiger partial charge on any atom is -0.326 e. The van der Waals surface area contributed by atoms with Crippen LogP contribution in [-0.2, 0) is 17.8 Å². The van der Waals surface area contributed by atoms with Crippen LogP contribution in [0.5, 0.6) is 0 Å². The maximum atomic E-state index is 12.2. The van der Waals surface area contributed by atoms with Gasteiger partial charge in [-0.15, -0.1) is 11.3 Å². The van der Waals surface area contributed by atoms with E-state index < -0.39 is 0 Å². The molecule has 4 nitrogen and oxygen atoms in total. The lowest BCUT2D eigenvalue weighted by Gasteiger charge is -2.16. The number of anilines is 1. The van der Waals surface area contributed by atoms with Crippen LogP contribution in [0, 0.1) is 6.92 Å².